The summed E-state index contributed by atoms with van der Waals surface area (Å²) in [5.41, 5.74) is 2.72. The second-order valence-electron chi connectivity index (χ2n) is 7.76. The van der Waals surface area contributed by atoms with Gasteiger partial charge in [0.05, 0.1) is 11.9 Å². The van der Waals surface area contributed by atoms with Gasteiger partial charge in [0.25, 0.3) is 0 Å². The standard InChI is InChI=1S/C20H23FN8O/c1-12-10-27(8-6-22-12)17-3-5-23-19-14(17)4-7-28(19)20(30)25-16-9-18-24-13(2)26-29(18)11-15(16)21/h3,5,9,11-12,22H,4,6-8,10H2,1-2H3,(H,25,30)/t12-/m1/s1. The molecule has 2 aliphatic rings. The van der Waals surface area contributed by atoms with Crippen LogP contribution in [0.2, 0.25) is 0 Å². The Labute approximate surface area is 172 Å². The summed E-state index contributed by atoms with van der Waals surface area (Å²) in [4.78, 5) is 25.5. The third kappa shape index (κ3) is 3.22. The van der Waals surface area contributed by atoms with E-state index in [0.29, 0.717) is 29.9 Å². The molecule has 0 unspecified atom stereocenters. The Bertz CT molecular complexity index is 1130. The van der Waals surface area contributed by atoms with E-state index in [2.05, 4.69) is 37.5 Å². The molecule has 0 bridgehead atoms. The van der Waals surface area contributed by atoms with Gasteiger partial charge in [0.15, 0.2) is 11.5 Å². The molecule has 1 atom stereocenters. The Morgan fingerprint density at radius 3 is 3.07 bits per heavy atom. The van der Waals surface area contributed by atoms with Crippen molar-refractivity contribution in [2.24, 2.45) is 0 Å². The van der Waals surface area contributed by atoms with Crippen molar-refractivity contribution in [3.05, 3.63) is 41.7 Å². The summed E-state index contributed by atoms with van der Waals surface area (Å²) >= 11 is 0. The van der Waals surface area contributed by atoms with Gasteiger partial charge in [-0.1, -0.05) is 0 Å². The highest BCUT2D eigenvalue weighted by atomic mass is 19.1. The highest BCUT2D eigenvalue weighted by Gasteiger charge is 2.31. The molecule has 1 fully saturated rings. The predicted octanol–water partition coefficient (Wildman–Crippen LogP) is 1.96. The van der Waals surface area contributed by atoms with Crippen LogP contribution in [0.1, 0.15) is 18.3 Å². The molecule has 2 amide bonds. The number of piperazine rings is 1. The molecule has 10 heteroatoms. The smallest absolute Gasteiger partial charge is 0.327 e. The topological polar surface area (TPSA) is 90.7 Å². The molecule has 3 aromatic rings. The molecule has 0 aromatic carbocycles. The minimum atomic E-state index is -0.573. The zero-order valence-electron chi connectivity index (χ0n) is 16.9. The van der Waals surface area contributed by atoms with Crippen molar-refractivity contribution < 1.29 is 9.18 Å². The number of amides is 2. The number of pyridine rings is 2. The fourth-order valence-corrected chi connectivity index (χ4v) is 4.21. The number of aryl methyl sites for hydroxylation is 1. The van der Waals surface area contributed by atoms with Crippen LogP contribution in [-0.4, -0.2) is 57.8 Å². The van der Waals surface area contributed by atoms with Crippen molar-refractivity contribution >= 4 is 28.9 Å². The van der Waals surface area contributed by atoms with Crippen LogP contribution in [0.3, 0.4) is 0 Å². The number of halogens is 1. The van der Waals surface area contributed by atoms with Crippen LogP contribution in [-0.2, 0) is 6.42 Å². The summed E-state index contributed by atoms with van der Waals surface area (Å²) in [6, 6.07) is 3.49. The van der Waals surface area contributed by atoms with E-state index < -0.39 is 11.8 Å². The second kappa shape index (κ2) is 7.21. The van der Waals surface area contributed by atoms with E-state index in [4.69, 9.17) is 0 Å². The molecule has 156 valence electrons. The molecule has 1 saturated heterocycles. The van der Waals surface area contributed by atoms with E-state index in [-0.39, 0.29) is 5.69 Å². The Kier molecular flexibility index (Phi) is 4.50. The molecule has 5 rings (SSSR count). The molecule has 5 heterocycles. The number of rotatable bonds is 2. The van der Waals surface area contributed by atoms with Gasteiger partial charge in [-0.05, 0) is 26.3 Å². The van der Waals surface area contributed by atoms with Crippen LogP contribution in [0, 0.1) is 12.7 Å². The lowest BCUT2D eigenvalue weighted by molar-refractivity contribution is 0.257. The number of nitrogens with one attached hydrogen (secondary N) is 2. The quantitative estimate of drug-likeness (QED) is 0.671. The Hall–Kier alpha value is -3.27. The summed E-state index contributed by atoms with van der Waals surface area (Å²) < 4.78 is 15.8. The van der Waals surface area contributed by atoms with Crippen molar-refractivity contribution in [2.75, 3.05) is 41.3 Å². The molecule has 3 aromatic heterocycles. The van der Waals surface area contributed by atoms with E-state index in [0.717, 1.165) is 37.3 Å². The minimum absolute atomic E-state index is 0.0698. The van der Waals surface area contributed by atoms with Crippen LogP contribution in [0.4, 0.5) is 26.4 Å². The maximum atomic E-state index is 14.5. The largest absolute Gasteiger partial charge is 0.368 e. The maximum Gasteiger partial charge on any atom is 0.327 e. The molecule has 0 saturated carbocycles. The van der Waals surface area contributed by atoms with Crippen LogP contribution >= 0.6 is 0 Å². The Balaban J connectivity index is 1.40. The van der Waals surface area contributed by atoms with Crippen molar-refractivity contribution in [3.63, 3.8) is 0 Å². The Morgan fingerprint density at radius 1 is 1.37 bits per heavy atom. The highest BCUT2D eigenvalue weighted by molar-refractivity contribution is 6.03. The average molecular weight is 410 g/mol. The van der Waals surface area contributed by atoms with Gasteiger partial charge in [-0.2, -0.15) is 5.10 Å². The maximum absolute atomic E-state index is 14.5. The fourth-order valence-electron chi connectivity index (χ4n) is 4.21. The first-order chi connectivity index (χ1) is 14.5. The van der Waals surface area contributed by atoms with Crippen molar-refractivity contribution in [1.82, 2.24) is 24.9 Å². The summed E-state index contributed by atoms with van der Waals surface area (Å²) in [6.07, 6.45) is 3.66. The lowest BCUT2D eigenvalue weighted by atomic mass is 10.1. The van der Waals surface area contributed by atoms with E-state index >= 15 is 0 Å². The van der Waals surface area contributed by atoms with Crippen LogP contribution in [0.15, 0.2) is 24.5 Å². The van der Waals surface area contributed by atoms with Gasteiger partial charge >= 0.3 is 6.03 Å². The first-order valence-electron chi connectivity index (χ1n) is 10.1. The number of urea groups is 1. The number of carbonyl (C=O) groups excluding carboxylic acids is 1. The second-order valence-corrected chi connectivity index (χ2v) is 7.76. The van der Waals surface area contributed by atoms with Crippen molar-refractivity contribution in [2.45, 2.75) is 26.3 Å². The number of nitrogens with zero attached hydrogens (tertiary/aromatic N) is 6. The number of anilines is 3. The molecular formula is C20H23FN8O. The molecule has 30 heavy (non-hydrogen) atoms. The highest BCUT2D eigenvalue weighted by Crippen LogP contribution is 2.34. The monoisotopic (exact) mass is 410 g/mol. The van der Waals surface area contributed by atoms with E-state index in [1.54, 1.807) is 18.0 Å². The third-order valence-electron chi connectivity index (χ3n) is 5.58. The molecule has 2 N–H and O–H groups in total. The third-order valence-corrected chi connectivity index (χ3v) is 5.58. The minimum Gasteiger partial charge on any atom is -0.368 e. The number of aromatic nitrogens is 4. The normalized spacial score (nSPS) is 18.7. The molecular weight excluding hydrogens is 387 g/mol. The van der Waals surface area contributed by atoms with Crippen LogP contribution < -0.4 is 20.4 Å². The van der Waals surface area contributed by atoms with Gasteiger partial charge < -0.3 is 15.5 Å². The summed E-state index contributed by atoms with van der Waals surface area (Å²) in [5, 5.41) is 10.2. The summed E-state index contributed by atoms with van der Waals surface area (Å²) in [7, 11) is 0. The van der Waals surface area contributed by atoms with E-state index in [1.165, 1.54) is 16.8 Å². The van der Waals surface area contributed by atoms with Crippen molar-refractivity contribution in [3.8, 4) is 0 Å². The van der Waals surface area contributed by atoms with Gasteiger partial charge in [-0.15, -0.1) is 0 Å². The number of fused-ring (bicyclic) bond motifs is 2. The first kappa shape index (κ1) is 18.7. The molecule has 9 nitrogen and oxygen atoms in total. The van der Waals surface area contributed by atoms with Gasteiger partial charge in [0.2, 0.25) is 0 Å². The van der Waals surface area contributed by atoms with Gasteiger partial charge in [-0.25, -0.2) is 23.7 Å². The molecule has 0 spiro atoms. The van der Waals surface area contributed by atoms with E-state index in [1.807, 2.05) is 6.07 Å². The number of hydrogen-bond donors (Lipinski definition) is 2. The van der Waals surface area contributed by atoms with Crippen LogP contribution in [0.5, 0.6) is 0 Å². The SMILES string of the molecule is Cc1nc2cc(NC(=O)N3CCc4c(N5CCN[C@H](C)C5)ccnc43)c(F)cn2n1. The Morgan fingerprint density at radius 2 is 2.23 bits per heavy atom. The molecule has 2 aliphatic heterocycles. The predicted molar refractivity (Wildman–Crippen MR) is 112 cm³/mol. The zero-order valence-corrected chi connectivity index (χ0v) is 16.9. The molecule has 0 aliphatic carbocycles. The summed E-state index contributed by atoms with van der Waals surface area (Å²) in [5.74, 6) is 0.595. The van der Waals surface area contributed by atoms with Crippen molar-refractivity contribution in [1.29, 1.82) is 0 Å². The number of hydrogen-bond acceptors (Lipinski definition) is 6. The lowest BCUT2D eigenvalue weighted by Gasteiger charge is -2.34. The summed E-state index contributed by atoms with van der Waals surface area (Å²) in [6.45, 7) is 7.14. The van der Waals surface area contributed by atoms with Crippen LogP contribution in [0.25, 0.3) is 5.65 Å². The van der Waals surface area contributed by atoms with E-state index in [9.17, 15) is 9.18 Å². The fraction of sp³-hybridized carbons (Fsp3) is 0.400. The zero-order chi connectivity index (χ0) is 20.8. The van der Waals surface area contributed by atoms with Gasteiger partial charge in [0, 0.05) is 55.7 Å². The number of carbonyl (C=O) groups is 1. The van der Waals surface area contributed by atoms with Gasteiger partial charge in [0.1, 0.15) is 11.6 Å². The lowest BCUT2D eigenvalue weighted by Crippen LogP contribution is -2.49. The first-order valence-corrected chi connectivity index (χ1v) is 10.1. The molecule has 0 radical (unpaired) electrons. The average Bonchev–Trinajstić information content (AvgIpc) is 3.30. The van der Waals surface area contributed by atoms with Gasteiger partial charge in [-0.3, -0.25) is 4.90 Å².